The zero-order valence-electron chi connectivity index (χ0n) is 43.4. The van der Waals surface area contributed by atoms with Gasteiger partial charge in [-0.1, -0.05) is 118 Å². The molecule has 5 atom stereocenters. The number of amides is 4. The van der Waals surface area contributed by atoms with Crippen molar-refractivity contribution in [3.05, 3.63) is 144 Å². The molecule has 1 aromatic heterocycles. The van der Waals surface area contributed by atoms with Crippen molar-refractivity contribution < 1.29 is 75.4 Å². The fraction of sp³-hybridized carbons (Fsp3) is 0.345. The third-order valence-electron chi connectivity index (χ3n) is 11.6. The molecule has 22 heteroatoms. The van der Waals surface area contributed by atoms with E-state index in [4.69, 9.17) is 32.5 Å². The van der Waals surface area contributed by atoms with Crippen LogP contribution in [0.1, 0.15) is 98.3 Å². The first-order valence-corrected chi connectivity index (χ1v) is 26.4. The number of nitrogens with one attached hydrogen (secondary N) is 4. The predicted molar refractivity (Wildman–Crippen MR) is 279 cm³/mol. The number of carbonyl (C=O) groups excluding carboxylic acids is 8. The zero-order valence-corrected chi connectivity index (χ0v) is 44.3. The normalized spacial score (nSPS) is 13.2. The van der Waals surface area contributed by atoms with E-state index in [1.807, 2.05) is 13.0 Å². The Bertz CT molecular complexity index is 2810. The number of ether oxygens (including phenoxy) is 4. The maximum atomic E-state index is 14.3. The van der Waals surface area contributed by atoms with Crippen LogP contribution in [0.5, 0.6) is 11.5 Å². The van der Waals surface area contributed by atoms with E-state index in [2.05, 4.69) is 21.0 Å². The molecule has 1 heterocycles. The van der Waals surface area contributed by atoms with Crippen molar-refractivity contribution in [2.75, 3.05) is 20.4 Å². The summed E-state index contributed by atoms with van der Waals surface area (Å²) in [6.07, 6.45) is 2.42. The van der Waals surface area contributed by atoms with Gasteiger partial charge in [0.05, 0.1) is 31.3 Å². The summed E-state index contributed by atoms with van der Waals surface area (Å²) >= 11 is 0. The molecule has 4 aromatic carbocycles. The molecular formula is C55H64N5O16P. The number of rotatable bonds is 32. The molecule has 0 aliphatic rings. The minimum Gasteiger partial charge on any atom is -0.481 e. The standard InChI is InChI=1S/C55H64N5O16P/c1-6-8-12-25-43(46(7-2)60(36-61)76-77(69,59-38(4)54(67)70-5)75-42-23-17-11-18-24-42)51(64)56-35-57-53(66)48-29-28-47(74-48)41-26-27-44(49(31-41)71-34-50(63)72-32-39-19-13-9-14-20-39)52(65)58-45(30-37(3)62)55(68)73-33-40-21-15-10-16-22-40/h9-11,13-24,26-29,31,36,38,43,45-46H,6-8,12,25,30,32-35H2,1-5H3,(H,56,64)(H,57,66)(H,58,65)(H,59,69)/t38-,43+,45-,46+,77?/m0/s1. The van der Waals surface area contributed by atoms with Gasteiger partial charge in [0.15, 0.2) is 12.4 Å². The molecule has 5 aromatic rings. The maximum Gasteiger partial charge on any atom is 0.481 e. The summed E-state index contributed by atoms with van der Waals surface area (Å²) in [5.74, 6) is -6.00. The Labute approximate surface area is 446 Å². The maximum absolute atomic E-state index is 14.3. The van der Waals surface area contributed by atoms with Crippen molar-refractivity contribution >= 4 is 55.6 Å². The monoisotopic (exact) mass is 1080 g/mol. The number of hydrogen-bond acceptors (Lipinski definition) is 16. The Kier molecular flexibility index (Phi) is 23.6. The van der Waals surface area contributed by atoms with E-state index in [1.165, 1.54) is 56.3 Å². The first kappa shape index (κ1) is 59.7. The smallest absolute Gasteiger partial charge is 0.481 e. The van der Waals surface area contributed by atoms with E-state index in [1.54, 1.807) is 79.7 Å². The number of nitrogens with zero attached hydrogens (tertiary/aromatic N) is 1. The van der Waals surface area contributed by atoms with E-state index >= 15 is 0 Å². The van der Waals surface area contributed by atoms with Crippen LogP contribution in [0.2, 0.25) is 0 Å². The number of para-hydroxylation sites is 1. The Morgan fingerprint density at radius 1 is 0.766 bits per heavy atom. The molecule has 4 N–H and O–H groups in total. The number of ketones is 1. The van der Waals surface area contributed by atoms with Crippen LogP contribution in [0.15, 0.2) is 126 Å². The van der Waals surface area contributed by atoms with Crippen LogP contribution in [0.25, 0.3) is 11.3 Å². The second kappa shape index (κ2) is 30.4. The molecule has 410 valence electrons. The number of furan rings is 1. The highest BCUT2D eigenvalue weighted by molar-refractivity contribution is 7.52. The summed E-state index contributed by atoms with van der Waals surface area (Å²) < 4.78 is 53.0. The molecule has 0 saturated heterocycles. The summed E-state index contributed by atoms with van der Waals surface area (Å²) in [6, 6.07) is 29.1. The summed E-state index contributed by atoms with van der Waals surface area (Å²) in [6.45, 7) is 5.12. The van der Waals surface area contributed by atoms with Crippen LogP contribution in [0.3, 0.4) is 0 Å². The van der Waals surface area contributed by atoms with Gasteiger partial charge in [0.2, 0.25) is 12.3 Å². The summed E-state index contributed by atoms with van der Waals surface area (Å²) in [5, 5.41) is 11.1. The average molecular weight is 1080 g/mol. The third kappa shape index (κ3) is 18.9. The van der Waals surface area contributed by atoms with Gasteiger partial charge in [0.1, 0.15) is 48.3 Å². The fourth-order valence-electron chi connectivity index (χ4n) is 7.68. The fourth-order valence-corrected chi connectivity index (χ4v) is 9.20. The number of esters is 3. The van der Waals surface area contributed by atoms with Gasteiger partial charge in [-0.3, -0.25) is 28.8 Å². The highest BCUT2D eigenvalue weighted by Gasteiger charge is 2.40. The van der Waals surface area contributed by atoms with E-state index in [9.17, 15) is 42.9 Å². The molecule has 4 amide bonds. The minimum absolute atomic E-state index is 0.0462. The van der Waals surface area contributed by atoms with Crippen molar-refractivity contribution in [1.29, 1.82) is 0 Å². The number of hydroxylamine groups is 2. The lowest BCUT2D eigenvalue weighted by atomic mass is 9.90. The number of Topliss-reactive ketones (excluding diaryl/α,β-unsaturated/α-hetero) is 1. The molecule has 0 spiro atoms. The molecule has 0 fully saturated rings. The molecule has 0 radical (unpaired) electrons. The van der Waals surface area contributed by atoms with Gasteiger partial charge >= 0.3 is 25.7 Å². The molecule has 0 aliphatic carbocycles. The van der Waals surface area contributed by atoms with Gasteiger partial charge in [-0.25, -0.2) is 19.2 Å². The van der Waals surface area contributed by atoms with E-state index in [0.29, 0.717) is 17.5 Å². The van der Waals surface area contributed by atoms with Crippen molar-refractivity contribution in [1.82, 2.24) is 26.1 Å². The third-order valence-corrected chi connectivity index (χ3v) is 13.1. The predicted octanol–water partition coefficient (Wildman–Crippen LogP) is 7.40. The van der Waals surface area contributed by atoms with Crippen LogP contribution in [0.4, 0.5) is 0 Å². The molecule has 5 rings (SSSR count). The van der Waals surface area contributed by atoms with Crippen LogP contribution in [-0.4, -0.2) is 91.4 Å². The van der Waals surface area contributed by atoms with Gasteiger partial charge in [0, 0.05) is 12.0 Å². The second-order valence-corrected chi connectivity index (χ2v) is 19.1. The minimum atomic E-state index is -4.57. The van der Waals surface area contributed by atoms with E-state index in [-0.39, 0.29) is 67.5 Å². The van der Waals surface area contributed by atoms with Crippen molar-refractivity contribution in [3.8, 4) is 22.8 Å². The lowest BCUT2D eigenvalue weighted by Crippen LogP contribution is -2.49. The van der Waals surface area contributed by atoms with Gasteiger partial charge < -0.3 is 43.8 Å². The lowest BCUT2D eigenvalue weighted by molar-refractivity contribution is -0.161. The number of unbranched alkanes of at least 4 members (excludes halogenated alkanes) is 2. The summed E-state index contributed by atoms with van der Waals surface area (Å²) in [5.41, 5.74) is 1.58. The van der Waals surface area contributed by atoms with Crippen LogP contribution in [0, 0.1) is 5.92 Å². The zero-order chi connectivity index (χ0) is 55.7. The molecule has 77 heavy (non-hydrogen) atoms. The van der Waals surface area contributed by atoms with Crippen molar-refractivity contribution in [2.45, 2.75) is 97.6 Å². The first-order valence-electron chi connectivity index (χ1n) is 24.8. The Hall–Kier alpha value is -8.13. The molecular weight excluding hydrogens is 1020 g/mol. The lowest BCUT2D eigenvalue weighted by Gasteiger charge is -2.34. The quantitative estimate of drug-likeness (QED) is 0.00621. The number of methoxy groups -OCH3 is 1. The van der Waals surface area contributed by atoms with Gasteiger partial charge in [0.25, 0.3) is 11.8 Å². The topological polar surface area (TPSA) is 274 Å². The average Bonchev–Trinajstić information content (AvgIpc) is 3.94. The Morgan fingerprint density at radius 3 is 2.03 bits per heavy atom. The van der Waals surface area contributed by atoms with Crippen LogP contribution < -0.4 is 30.3 Å². The highest BCUT2D eigenvalue weighted by Crippen LogP contribution is 2.46. The Balaban J connectivity index is 1.30. The van der Waals surface area contributed by atoms with Crippen LogP contribution in [-0.2, 0) is 65.4 Å². The number of carbonyl (C=O) groups is 8. The largest absolute Gasteiger partial charge is 0.481 e. The van der Waals surface area contributed by atoms with E-state index in [0.717, 1.165) is 30.6 Å². The molecule has 0 bridgehead atoms. The number of hydrogen-bond donors (Lipinski definition) is 4. The summed E-state index contributed by atoms with van der Waals surface area (Å²) in [7, 11) is -3.43. The van der Waals surface area contributed by atoms with E-state index < -0.39 is 86.5 Å². The van der Waals surface area contributed by atoms with Crippen molar-refractivity contribution in [2.24, 2.45) is 5.92 Å². The van der Waals surface area contributed by atoms with Crippen LogP contribution >= 0.6 is 7.75 Å². The molecule has 0 aliphatic heterocycles. The molecule has 0 saturated carbocycles. The first-order chi connectivity index (χ1) is 37.1. The second-order valence-electron chi connectivity index (χ2n) is 17.5. The summed E-state index contributed by atoms with van der Waals surface area (Å²) in [4.78, 5) is 105. The number of benzene rings is 4. The highest BCUT2D eigenvalue weighted by atomic mass is 31.2. The van der Waals surface area contributed by atoms with Gasteiger partial charge in [-0.15, -0.1) is 0 Å². The SMILES string of the molecule is CCCCC[C@@H](C(=O)NCNC(=O)c1ccc(-c2ccc(C(=O)N[C@@H](CC(C)=O)C(=O)OCc3ccccc3)c(OCC(=O)OCc3ccccc3)c2)o1)[C@@H](CC)N(C=O)OP(=O)(N[C@@H](C)C(=O)OC)Oc1ccccc1. The Morgan fingerprint density at radius 2 is 1.42 bits per heavy atom. The van der Waals surface area contributed by atoms with Gasteiger partial charge in [-0.2, -0.15) is 9.71 Å². The molecule has 21 nitrogen and oxygen atoms in total. The molecule has 1 unspecified atom stereocenters. The van der Waals surface area contributed by atoms with Crippen molar-refractivity contribution in [3.63, 3.8) is 0 Å². The van der Waals surface area contributed by atoms with Gasteiger partial charge in [-0.05, 0) is 74.2 Å².